The number of halogens is 3. The van der Waals surface area contributed by atoms with E-state index in [0.717, 1.165) is 0 Å². The topological polar surface area (TPSA) is 46.2 Å². The summed E-state index contributed by atoms with van der Waals surface area (Å²) in [5.74, 6) is 0. The van der Waals surface area contributed by atoms with Gasteiger partial charge in [-0.05, 0) is 32.9 Å². The fourth-order valence-electron chi connectivity index (χ4n) is 1.17. The van der Waals surface area contributed by atoms with Crippen LogP contribution in [0.4, 0.5) is 0 Å². The monoisotopic (exact) mass is 315 g/mol. The molecule has 7 heteroatoms. The first kappa shape index (κ1) is 15.1. The molecule has 1 aromatic carbocycles. The zero-order valence-electron chi connectivity index (χ0n) is 9.51. The van der Waals surface area contributed by atoms with E-state index in [1.54, 1.807) is 20.8 Å². The Labute approximate surface area is 116 Å². The Morgan fingerprint density at radius 2 is 1.59 bits per heavy atom. The minimum Gasteiger partial charge on any atom is -0.207 e. The van der Waals surface area contributed by atoms with Crippen molar-refractivity contribution in [1.82, 2.24) is 4.72 Å². The second-order valence-corrected chi connectivity index (χ2v) is 7.34. The lowest BCUT2D eigenvalue weighted by Gasteiger charge is -2.21. The van der Waals surface area contributed by atoms with Gasteiger partial charge < -0.3 is 0 Å². The van der Waals surface area contributed by atoms with Crippen LogP contribution < -0.4 is 4.72 Å². The summed E-state index contributed by atoms with van der Waals surface area (Å²) in [4.78, 5) is -0.0801. The first-order chi connectivity index (χ1) is 7.54. The number of sulfonamides is 1. The number of hydrogen-bond donors (Lipinski definition) is 1. The van der Waals surface area contributed by atoms with Crippen LogP contribution in [0, 0.1) is 0 Å². The van der Waals surface area contributed by atoms with Crippen LogP contribution in [0.2, 0.25) is 15.1 Å². The molecule has 0 saturated heterocycles. The van der Waals surface area contributed by atoms with E-state index < -0.39 is 15.6 Å². The normalized spacial score (nSPS) is 12.8. The second kappa shape index (κ2) is 4.94. The third-order valence-corrected chi connectivity index (χ3v) is 4.94. The molecule has 0 aromatic heterocycles. The molecule has 0 saturated carbocycles. The second-order valence-electron chi connectivity index (χ2n) is 4.53. The van der Waals surface area contributed by atoms with Crippen LogP contribution in [0.3, 0.4) is 0 Å². The quantitative estimate of drug-likeness (QED) is 0.845. The van der Waals surface area contributed by atoms with Crippen LogP contribution in [0.15, 0.2) is 17.0 Å². The Morgan fingerprint density at radius 3 is 2.06 bits per heavy atom. The van der Waals surface area contributed by atoms with Crippen LogP contribution in [-0.2, 0) is 10.0 Å². The molecule has 17 heavy (non-hydrogen) atoms. The highest BCUT2D eigenvalue weighted by molar-refractivity contribution is 7.89. The van der Waals surface area contributed by atoms with Gasteiger partial charge in [0.2, 0.25) is 10.0 Å². The molecule has 0 fully saturated rings. The molecule has 0 spiro atoms. The lowest BCUT2D eigenvalue weighted by atomic mass is 10.1. The zero-order valence-corrected chi connectivity index (χ0v) is 12.6. The van der Waals surface area contributed by atoms with Crippen LogP contribution >= 0.6 is 34.8 Å². The smallest absolute Gasteiger partial charge is 0.207 e. The van der Waals surface area contributed by atoms with Crippen molar-refractivity contribution in [2.24, 2.45) is 0 Å². The van der Waals surface area contributed by atoms with Gasteiger partial charge in [-0.2, -0.15) is 0 Å². The summed E-state index contributed by atoms with van der Waals surface area (Å²) in [5, 5.41) is 0.174. The highest BCUT2D eigenvalue weighted by atomic mass is 35.5. The van der Waals surface area contributed by atoms with Crippen molar-refractivity contribution in [1.29, 1.82) is 0 Å². The number of benzene rings is 1. The summed E-state index contributed by atoms with van der Waals surface area (Å²) in [7, 11) is -3.71. The maximum absolute atomic E-state index is 12.0. The van der Waals surface area contributed by atoms with Crippen molar-refractivity contribution in [3.05, 3.63) is 27.2 Å². The van der Waals surface area contributed by atoms with Gasteiger partial charge in [0, 0.05) is 5.54 Å². The summed E-state index contributed by atoms with van der Waals surface area (Å²) in [6.45, 7) is 5.20. The predicted molar refractivity (Wildman–Crippen MR) is 71.5 cm³/mol. The van der Waals surface area contributed by atoms with E-state index in [4.69, 9.17) is 34.8 Å². The summed E-state index contributed by atoms with van der Waals surface area (Å²) < 4.78 is 26.6. The van der Waals surface area contributed by atoms with Crippen molar-refractivity contribution in [3.8, 4) is 0 Å². The Bertz CT molecular complexity index is 535. The molecule has 0 radical (unpaired) electrons. The molecule has 1 aromatic rings. The van der Waals surface area contributed by atoms with Gasteiger partial charge in [-0.15, -0.1) is 0 Å². The maximum atomic E-state index is 12.0. The molecule has 1 rings (SSSR count). The largest absolute Gasteiger partial charge is 0.242 e. The average Bonchev–Trinajstić information content (AvgIpc) is 2.09. The minimum absolute atomic E-state index is 0.0325. The fourth-order valence-corrected chi connectivity index (χ4v) is 3.57. The van der Waals surface area contributed by atoms with Gasteiger partial charge >= 0.3 is 0 Å². The molecular weight excluding hydrogens is 305 g/mol. The van der Waals surface area contributed by atoms with Gasteiger partial charge in [0.1, 0.15) is 4.90 Å². The standard InChI is InChI=1S/C10H12Cl3NO2S/c1-10(2,3)14-17(15,16)7-5-4-6(11)8(12)9(7)13/h4-5,14H,1-3H3. The molecule has 1 N–H and O–H groups in total. The van der Waals surface area contributed by atoms with E-state index in [9.17, 15) is 8.42 Å². The van der Waals surface area contributed by atoms with E-state index in [1.807, 2.05) is 0 Å². The third-order valence-electron chi connectivity index (χ3n) is 1.73. The summed E-state index contributed by atoms with van der Waals surface area (Å²) in [6.07, 6.45) is 0. The van der Waals surface area contributed by atoms with Gasteiger partial charge in [0.05, 0.1) is 15.1 Å². The molecule has 0 amide bonds. The molecule has 0 unspecified atom stereocenters. The lowest BCUT2D eigenvalue weighted by molar-refractivity contribution is 0.491. The summed E-state index contributed by atoms with van der Waals surface area (Å²) in [6, 6.07) is 2.72. The minimum atomic E-state index is -3.71. The molecule has 0 heterocycles. The highest BCUT2D eigenvalue weighted by Gasteiger charge is 2.25. The molecule has 0 aliphatic carbocycles. The van der Waals surface area contributed by atoms with Crippen molar-refractivity contribution in [2.75, 3.05) is 0 Å². The number of hydrogen-bond acceptors (Lipinski definition) is 2. The third kappa shape index (κ3) is 3.73. The van der Waals surface area contributed by atoms with Crippen molar-refractivity contribution in [2.45, 2.75) is 31.2 Å². The Kier molecular flexibility index (Phi) is 4.37. The fraction of sp³-hybridized carbons (Fsp3) is 0.400. The Balaban J connectivity index is 3.31. The zero-order chi connectivity index (χ0) is 13.4. The Morgan fingerprint density at radius 1 is 1.06 bits per heavy atom. The Hall–Kier alpha value is -0.000000000000000167. The van der Waals surface area contributed by atoms with Crippen LogP contribution in [0.1, 0.15) is 20.8 Å². The van der Waals surface area contributed by atoms with E-state index in [0.29, 0.717) is 0 Å². The van der Waals surface area contributed by atoms with Gasteiger partial charge in [0.25, 0.3) is 0 Å². The molecule has 0 aliphatic heterocycles. The lowest BCUT2D eigenvalue weighted by Crippen LogP contribution is -2.40. The first-order valence-electron chi connectivity index (χ1n) is 4.72. The number of nitrogens with one attached hydrogen (secondary N) is 1. The molecule has 3 nitrogen and oxygen atoms in total. The summed E-state index contributed by atoms with van der Waals surface area (Å²) in [5.41, 5.74) is -0.603. The van der Waals surface area contributed by atoms with Gasteiger partial charge in [-0.25, -0.2) is 13.1 Å². The van der Waals surface area contributed by atoms with E-state index >= 15 is 0 Å². The van der Waals surface area contributed by atoms with Crippen molar-refractivity contribution < 1.29 is 8.42 Å². The highest BCUT2D eigenvalue weighted by Crippen LogP contribution is 2.35. The van der Waals surface area contributed by atoms with Crippen molar-refractivity contribution >= 4 is 44.8 Å². The van der Waals surface area contributed by atoms with Crippen LogP contribution in [0.25, 0.3) is 0 Å². The molecule has 0 aliphatic rings. The van der Waals surface area contributed by atoms with Crippen LogP contribution in [0.5, 0.6) is 0 Å². The van der Waals surface area contributed by atoms with Gasteiger partial charge in [-0.3, -0.25) is 0 Å². The van der Waals surface area contributed by atoms with Crippen LogP contribution in [-0.4, -0.2) is 14.0 Å². The average molecular weight is 317 g/mol. The van der Waals surface area contributed by atoms with Gasteiger partial charge in [0.15, 0.2) is 0 Å². The van der Waals surface area contributed by atoms with E-state index in [-0.39, 0.29) is 20.0 Å². The predicted octanol–water partition coefficient (Wildman–Crippen LogP) is 3.72. The molecule has 96 valence electrons. The number of rotatable bonds is 2. The summed E-state index contributed by atoms with van der Waals surface area (Å²) >= 11 is 17.4. The van der Waals surface area contributed by atoms with E-state index in [2.05, 4.69) is 4.72 Å². The molecule has 0 bridgehead atoms. The molecular formula is C10H12Cl3NO2S. The first-order valence-corrected chi connectivity index (χ1v) is 7.34. The SMILES string of the molecule is CC(C)(C)NS(=O)(=O)c1ccc(Cl)c(Cl)c1Cl. The van der Waals surface area contributed by atoms with Crippen molar-refractivity contribution in [3.63, 3.8) is 0 Å². The van der Waals surface area contributed by atoms with Gasteiger partial charge in [-0.1, -0.05) is 34.8 Å². The van der Waals surface area contributed by atoms with E-state index in [1.165, 1.54) is 12.1 Å². The maximum Gasteiger partial charge on any atom is 0.242 e. The molecule has 0 atom stereocenters.